The minimum Gasteiger partial charge on any atom is -0.538 e. The molecule has 3 heteroatoms. The highest BCUT2D eigenvalue weighted by atomic mass is 28.4. The number of hydrogen-bond acceptors (Lipinski definition) is 2. The van der Waals surface area contributed by atoms with Crippen LogP contribution in [0.4, 0.5) is 0 Å². The van der Waals surface area contributed by atoms with Gasteiger partial charge in [-0.15, -0.1) is 0 Å². The van der Waals surface area contributed by atoms with Crippen LogP contribution in [0.15, 0.2) is 103 Å². The standard InChI is InChI=1S/C31H30O2Si/c1-31(2,3)34(4,24-14-6-5-7-15-24)33-28-21-19-23-13-9-11-17-26(23)30(28)29-25-16-10-8-12-22(25)18-20-27(29)32/h5-21,32H,1-4H3/t34-/m1/s1. The summed E-state index contributed by atoms with van der Waals surface area (Å²) in [6.45, 7) is 9.09. The average molecular weight is 463 g/mol. The summed E-state index contributed by atoms with van der Waals surface area (Å²) < 4.78 is 7.18. The second kappa shape index (κ2) is 8.34. The molecule has 5 aromatic carbocycles. The summed E-state index contributed by atoms with van der Waals surface area (Å²) in [4.78, 5) is 0. The van der Waals surface area contributed by atoms with Crippen molar-refractivity contribution in [1.29, 1.82) is 0 Å². The van der Waals surface area contributed by atoms with E-state index in [1.807, 2.05) is 24.3 Å². The molecule has 1 N–H and O–H groups in total. The molecule has 0 heterocycles. The normalized spacial score (nSPS) is 13.6. The summed E-state index contributed by atoms with van der Waals surface area (Å²) in [6.07, 6.45) is 0. The molecule has 170 valence electrons. The summed E-state index contributed by atoms with van der Waals surface area (Å²) in [5.74, 6) is 1.08. The van der Waals surface area contributed by atoms with Crippen LogP contribution in [0.25, 0.3) is 32.7 Å². The van der Waals surface area contributed by atoms with Crippen molar-refractivity contribution in [3.8, 4) is 22.6 Å². The van der Waals surface area contributed by atoms with E-state index < -0.39 is 8.32 Å². The third-order valence-electron chi connectivity index (χ3n) is 7.12. The fourth-order valence-electron chi connectivity index (χ4n) is 4.74. The van der Waals surface area contributed by atoms with Crippen LogP contribution in [0, 0.1) is 0 Å². The van der Waals surface area contributed by atoms with Gasteiger partial charge in [-0.05, 0) is 50.4 Å². The first-order valence-corrected chi connectivity index (χ1v) is 14.2. The van der Waals surface area contributed by atoms with Gasteiger partial charge in [0.05, 0.1) is 0 Å². The molecular weight excluding hydrogens is 432 g/mol. The van der Waals surface area contributed by atoms with Crippen LogP contribution >= 0.6 is 0 Å². The predicted octanol–water partition coefficient (Wildman–Crippen LogP) is 8.03. The lowest BCUT2D eigenvalue weighted by molar-refractivity contribution is 0.476. The lowest BCUT2D eigenvalue weighted by atomic mass is 9.92. The zero-order valence-corrected chi connectivity index (χ0v) is 21.2. The van der Waals surface area contributed by atoms with Gasteiger partial charge in [0.2, 0.25) is 0 Å². The number of aromatic hydroxyl groups is 1. The van der Waals surface area contributed by atoms with Crippen LogP contribution in [0.5, 0.6) is 11.5 Å². The molecule has 1 atom stereocenters. The lowest BCUT2D eigenvalue weighted by Gasteiger charge is -2.40. The fraction of sp³-hybridized carbons (Fsp3) is 0.161. The van der Waals surface area contributed by atoms with Gasteiger partial charge in [0, 0.05) is 11.1 Å². The topological polar surface area (TPSA) is 29.5 Å². The molecule has 0 spiro atoms. The Bertz CT molecular complexity index is 1480. The SMILES string of the molecule is CC(C)(C)[Si@](C)(Oc1ccc2ccccc2c1-c1c(O)ccc2ccccc12)c1ccccc1. The van der Waals surface area contributed by atoms with Crippen molar-refractivity contribution >= 4 is 35.0 Å². The summed E-state index contributed by atoms with van der Waals surface area (Å²) in [5, 5.41) is 16.7. The Labute approximate surface area is 202 Å². The number of fused-ring (bicyclic) bond motifs is 2. The largest absolute Gasteiger partial charge is 0.538 e. The van der Waals surface area contributed by atoms with Crippen molar-refractivity contribution in [3.05, 3.63) is 103 Å². The summed E-state index contributed by atoms with van der Waals surface area (Å²) >= 11 is 0. The van der Waals surface area contributed by atoms with Gasteiger partial charge < -0.3 is 9.53 Å². The van der Waals surface area contributed by atoms with Crippen LogP contribution in [-0.2, 0) is 0 Å². The summed E-state index contributed by atoms with van der Waals surface area (Å²) in [6, 6.07) is 35.1. The van der Waals surface area contributed by atoms with E-state index in [0.29, 0.717) is 0 Å². The molecular formula is C31H30O2Si. The maximum atomic E-state index is 11.2. The second-order valence-electron chi connectivity index (χ2n) is 10.1. The molecule has 34 heavy (non-hydrogen) atoms. The van der Waals surface area contributed by atoms with Crippen LogP contribution in [0.3, 0.4) is 0 Å². The molecule has 5 aromatic rings. The van der Waals surface area contributed by atoms with Crippen molar-refractivity contribution in [2.45, 2.75) is 32.4 Å². The quantitative estimate of drug-likeness (QED) is 0.274. The zero-order chi connectivity index (χ0) is 23.9. The monoisotopic (exact) mass is 462 g/mol. The van der Waals surface area contributed by atoms with E-state index in [2.05, 4.69) is 100 Å². The molecule has 5 rings (SSSR count). The molecule has 0 unspecified atom stereocenters. The van der Waals surface area contributed by atoms with Gasteiger partial charge in [0.25, 0.3) is 8.32 Å². The van der Waals surface area contributed by atoms with Crippen LogP contribution in [-0.4, -0.2) is 13.4 Å². The number of hydrogen-bond donors (Lipinski definition) is 1. The zero-order valence-electron chi connectivity index (χ0n) is 20.2. The second-order valence-corrected chi connectivity index (χ2v) is 14.4. The van der Waals surface area contributed by atoms with E-state index in [0.717, 1.165) is 38.4 Å². The Morgan fingerprint density at radius 2 is 1.15 bits per heavy atom. The number of phenolic OH excluding ortho intramolecular Hbond substituents is 1. The number of benzene rings is 5. The van der Waals surface area contributed by atoms with Gasteiger partial charge in [-0.25, -0.2) is 0 Å². The number of phenols is 1. The minimum atomic E-state index is -2.49. The Morgan fingerprint density at radius 1 is 0.618 bits per heavy atom. The van der Waals surface area contributed by atoms with Gasteiger partial charge in [-0.2, -0.15) is 0 Å². The molecule has 0 fully saturated rings. The van der Waals surface area contributed by atoms with Gasteiger partial charge in [0.15, 0.2) is 0 Å². The lowest BCUT2D eigenvalue weighted by Crippen LogP contribution is -2.57. The predicted molar refractivity (Wildman–Crippen MR) is 147 cm³/mol. The van der Waals surface area contributed by atoms with Gasteiger partial charge in [0.1, 0.15) is 11.5 Å². The molecule has 0 aliphatic rings. The van der Waals surface area contributed by atoms with E-state index in [9.17, 15) is 5.11 Å². The van der Waals surface area contributed by atoms with Crippen molar-refractivity contribution < 1.29 is 9.53 Å². The summed E-state index contributed by atoms with van der Waals surface area (Å²) in [7, 11) is -2.49. The first-order chi connectivity index (χ1) is 16.3. The van der Waals surface area contributed by atoms with Gasteiger partial charge in [-0.3, -0.25) is 0 Å². The highest BCUT2D eigenvalue weighted by molar-refractivity contribution is 6.88. The first-order valence-electron chi connectivity index (χ1n) is 11.8. The van der Waals surface area contributed by atoms with E-state index in [-0.39, 0.29) is 10.8 Å². The van der Waals surface area contributed by atoms with E-state index >= 15 is 0 Å². The Kier molecular flexibility index (Phi) is 5.45. The molecule has 0 aromatic heterocycles. The van der Waals surface area contributed by atoms with Gasteiger partial charge >= 0.3 is 0 Å². The van der Waals surface area contributed by atoms with Gasteiger partial charge in [-0.1, -0.05) is 112 Å². The molecule has 0 bridgehead atoms. The van der Waals surface area contributed by atoms with E-state index in [4.69, 9.17) is 4.43 Å². The van der Waals surface area contributed by atoms with E-state index in [1.165, 1.54) is 5.19 Å². The van der Waals surface area contributed by atoms with Crippen LogP contribution in [0.1, 0.15) is 20.8 Å². The minimum absolute atomic E-state index is 0.0575. The molecule has 0 amide bonds. The molecule has 2 nitrogen and oxygen atoms in total. The smallest absolute Gasteiger partial charge is 0.285 e. The van der Waals surface area contributed by atoms with Crippen molar-refractivity contribution in [1.82, 2.24) is 0 Å². The Balaban J connectivity index is 1.83. The third kappa shape index (κ3) is 3.66. The fourth-order valence-corrected chi connectivity index (χ4v) is 7.47. The molecule has 0 saturated heterocycles. The molecule has 0 saturated carbocycles. The maximum Gasteiger partial charge on any atom is 0.285 e. The highest BCUT2D eigenvalue weighted by Crippen LogP contribution is 2.47. The average Bonchev–Trinajstić information content (AvgIpc) is 2.84. The Hall–Kier alpha value is -3.56. The molecule has 0 aliphatic carbocycles. The van der Waals surface area contributed by atoms with E-state index in [1.54, 1.807) is 6.07 Å². The van der Waals surface area contributed by atoms with Crippen molar-refractivity contribution in [2.75, 3.05) is 0 Å². The molecule has 0 radical (unpaired) electrons. The maximum absolute atomic E-state index is 11.2. The van der Waals surface area contributed by atoms with Crippen molar-refractivity contribution in [2.24, 2.45) is 0 Å². The molecule has 0 aliphatic heterocycles. The van der Waals surface area contributed by atoms with Crippen LogP contribution in [0.2, 0.25) is 11.6 Å². The van der Waals surface area contributed by atoms with Crippen molar-refractivity contribution in [3.63, 3.8) is 0 Å². The first kappa shape index (κ1) is 22.2. The number of rotatable bonds is 4. The third-order valence-corrected chi connectivity index (χ3v) is 12.0. The highest BCUT2D eigenvalue weighted by Gasteiger charge is 2.46. The van der Waals surface area contributed by atoms with Crippen LogP contribution < -0.4 is 9.61 Å². The Morgan fingerprint density at radius 3 is 1.76 bits per heavy atom. The summed E-state index contributed by atoms with van der Waals surface area (Å²) in [5.41, 5.74) is 1.77.